The van der Waals surface area contributed by atoms with Gasteiger partial charge in [-0.2, -0.15) is 0 Å². The average molecular weight is 356 g/mol. The fourth-order valence-corrected chi connectivity index (χ4v) is 3.12. The van der Waals surface area contributed by atoms with E-state index in [4.69, 9.17) is 4.74 Å². The van der Waals surface area contributed by atoms with Gasteiger partial charge in [-0.3, -0.25) is 9.10 Å². The first-order chi connectivity index (χ1) is 11.1. The van der Waals surface area contributed by atoms with E-state index < -0.39 is 10.0 Å². The van der Waals surface area contributed by atoms with Crippen LogP contribution in [0.25, 0.3) is 0 Å². The zero-order valence-electron chi connectivity index (χ0n) is 15.1. The smallest absolute Gasteiger partial charge is 0.232 e. The fraction of sp³-hybridized carbons (Fsp3) is 0.588. The van der Waals surface area contributed by atoms with Crippen LogP contribution in [0.5, 0.6) is 5.75 Å². The predicted molar refractivity (Wildman–Crippen MR) is 96.9 cm³/mol. The van der Waals surface area contributed by atoms with Crippen LogP contribution < -0.4 is 14.4 Å². The third kappa shape index (κ3) is 6.39. The Kier molecular flexibility index (Phi) is 7.08. The lowest BCUT2D eigenvalue weighted by Crippen LogP contribution is -2.43. The summed E-state index contributed by atoms with van der Waals surface area (Å²) in [5.74, 6) is 0.518. The zero-order chi connectivity index (χ0) is 18.4. The first-order valence-corrected chi connectivity index (χ1v) is 9.86. The van der Waals surface area contributed by atoms with E-state index in [-0.39, 0.29) is 24.4 Å². The number of carbonyl (C=O) groups excluding carboxylic acids is 1. The van der Waals surface area contributed by atoms with Crippen LogP contribution in [0.1, 0.15) is 40.0 Å². The Morgan fingerprint density at radius 1 is 1.33 bits per heavy atom. The van der Waals surface area contributed by atoms with Gasteiger partial charge in [-0.1, -0.05) is 13.0 Å². The van der Waals surface area contributed by atoms with E-state index in [2.05, 4.69) is 5.32 Å². The van der Waals surface area contributed by atoms with Crippen LogP contribution in [0, 0.1) is 0 Å². The summed E-state index contributed by atoms with van der Waals surface area (Å²) in [5.41, 5.74) is 0.284. The highest BCUT2D eigenvalue weighted by Crippen LogP contribution is 2.23. The number of sulfonamides is 1. The van der Waals surface area contributed by atoms with E-state index in [0.29, 0.717) is 17.9 Å². The molecule has 1 aromatic rings. The van der Waals surface area contributed by atoms with Crippen molar-refractivity contribution < 1.29 is 17.9 Å². The van der Waals surface area contributed by atoms with Gasteiger partial charge in [-0.05, 0) is 38.8 Å². The Balaban J connectivity index is 2.74. The van der Waals surface area contributed by atoms with Gasteiger partial charge < -0.3 is 10.1 Å². The van der Waals surface area contributed by atoms with Crippen LogP contribution in [0.2, 0.25) is 0 Å². The van der Waals surface area contributed by atoms with E-state index in [1.165, 1.54) is 11.4 Å². The molecule has 0 spiro atoms. The second kappa shape index (κ2) is 8.37. The molecule has 0 aliphatic heterocycles. The number of ether oxygens (including phenoxy) is 1. The molecule has 6 nitrogen and oxygen atoms in total. The van der Waals surface area contributed by atoms with Crippen LogP contribution in [0.3, 0.4) is 0 Å². The summed E-state index contributed by atoms with van der Waals surface area (Å²) in [5, 5.41) is 2.95. The van der Waals surface area contributed by atoms with Gasteiger partial charge >= 0.3 is 0 Å². The van der Waals surface area contributed by atoms with Crippen LogP contribution in [-0.4, -0.2) is 39.8 Å². The van der Waals surface area contributed by atoms with E-state index in [1.54, 1.807) is 24.3 Å². The number of nitrogens with zero attached hydrogens (tertiary/aromatic N) is 1. The number of rotatable bonds is 9. The summed E-state index contributed by atoms with van der Waals surface area (Å²) in [6.07, 6.45) is 2.71. The van der Waals surface area contributed by atoms with Crippen molar-refractivity contribution in [2.75, 3.05) is 24.2 Å². The maximum atomic E-state index is 12.1. The van der Waals surface area contributed by atoms with Crippen molar-refractivity contribution in [3.8, 4) is 5.75 Å². The summed E-state index contributed by atoms with van der Waals surface area (Å²) < 4.78 is 30.6. The molecule has 0 saturated heterocycles. The fourth-order valence-electron chi connectivity index (χ4n) is 2.16. The second-order valence-corrected chi connectivity index (χ2v) is 8.33. The zero-order valence-corrected chi connectivity index (χ0v) is 15.9. The Morgan fingerprint density at radius 2 is 2.00 bits per heavy atom. The largest absolute Gasteiger partial charge is 0.497 e. The number of methoxy groups -OCH3 is 1. The molecule has 1 aromatic carbocycles. The topological polar surface area (TPSA) is 75.7 Å². The molecule has 24 heavy (non-hydrogen) atoms. The molecule has 0 aliphatic carbocycles. The molecule has 7 heteroatoms. The number of hydrogen-bond donors (Lipinski definition) is 1. The minimum atomic E-state index is -3.43. The first kappa shape index (κ1) is 20.3. The highest BCUT2D eigenvalue weighted by Gasteiger charge is 2.20. The van der Waals surface area contributed by atoms with E-state index >= 15 is 0 Å². The van der Waals surface area contributed by atoms with Gasteiger partial charge in [0.05, 0.1) is 19.1 Å². The van der Waals surface area contributed by atoms with Gasteiger partial charge in [0.1, 0.15) is 5.75 Å². The van der Waals surface area contributed by atoms with E-state index in [9.17, 15) is 13.2 Å². The third-order valence-corrected chi connectivity index (χ3v) is 5.06. The standard InChI is InChI=1S/C17H28N2O4S/c1-6-17(2,3)18-16(20)11-8-12-19(24(5,21)22)14-9-7-10-15(13-14)23-4/h7,9-10,13H,6,8,11-12H2,1-5H3,(H,18,20). The quantitative estimate of drug-likeness (QED) is 0.738. The molecule has 1 rings (SSSR count). The molecule has 136 valence electrons. The molecule has 0 radical (unpaired) electrons. The lowest BCUT2D eigenvalue weighted by Gasteiger charge is -2.25. The molecule has 0 aromatic heterocycles. The Bertz CT molecular complexity index is 656. The first-order valence-electron chi connectivity index (χ1n) is 8.02. The average Bonchev–Trinajstić information content (AvgIpc) is 2.50. The van der Waals surface area contributed by atoms with Crippen LogP contribution >= 0.6 is 0 Å². The van der Waals surface area contributed by atoms with Gasteiger partial charge in [0, 0.05) is 24.6 Å². The van der Waals surface area contributed by atoms with Gasteiger partial charge in [-0.25, -0.2) is 8.42 Å². The highest BCUT2D eigenvalue weighted by atomic mass is 32.2. The van der Waals surface area contributed by atoms with Crippen molar-refractivity contribution in [2.24, 2.45) is 0 Å². The summed E-state index contributed by atoms with van der Waals surface area (Å²) in [6, 6.07) is 6.87. The third-order valence-electron chi connectivity index (χ3n) is 3.87. The Hall–Kier alpha value is -1.76. The number of anilines is 1. The van der Waals surface area contributed by atoms with E-state index in [0.717, 1.165) is 12.7 Å². The summed E-state index contributed by atoms with van der Waals surface area (Å²) in [7, 11) is -1.90. The predicted octanol–water partition coefficient (Wildman–Crippen LogP) is 2.55. The molecule has 0 fully saturated rings. The normalized spacial score (nSPS) is 11.9. The maximum Gasteiger partial charge on any atom is 0.232 e. The SMILES string of the molecule is CCC(C)(C)NC(=O)CCCN(c1cccc(OC)c1)S(C)(=O)=O. The maximum absolute atomic E-state index is 12.1. The summed E-state index contributed by atoms with van der Waals surface area (Å²) in [4.78, 5) is 12.0. The van der Waals surface area contributed by atoms with Crippen LogP contribution in [-0.2, 0) is 14.8 Å². The minimum absolute atomic E-state index is 0.0686. The van der Waals surface area contributed by atoms with Gasteiger partial charge in [0.2, 0.25) is 15.9 Å². The molecule has 1 amide bonds. The van der Waals surface area contributed by atoms with Crippen molar-refractivity contribution in [3.63, 3.8) is 0 Å². The van der Waals surface area contributed by atoms with Crippen molar-refractivity contribution in [2.45, 2.75) is 45.6 Å². The minimum Gasteiger partial charge on any atom is -0.497 e. The number of benzene rings is 1. The molecule has 0 aliphatic rings. The van der Waals surface area contributed by atoms with Crippen molar-refractivity contribution in [1.82, 2.24) is 5.32 Å². The van der Waals surface area contributed by atoms with Crippen molar-refractivity contribution >= 4 is 21.6 Å². The number of amides is 1. The van der Waals surface area contributed by atoms with E-state index in [1.807, 2.05) is 20.8 Å². The molecular formula is C17H28N2O4S. The van der Waals surface area contributed by atoms with Crippen molar-refractivity contribution in [1.29, 1.82) is 0 Å². The molecular weight excluding hydrogens is 328 g/mol. The Labute approximate surface area is 145 Å². The highest BCUT2D eigenvalue weighted by molar-refractivity contribution is 7.92. The van der Waals surface area contributed by atoms with Gasteiger partial charge in [0.15, 0.2) is 0 Å². The molecule has 0 heterocycles. The van der Waals surface area contributed by atoms with Crippen LogP contribution in [0.4, 0.5) is 5.69 Å². The molecule has 0 saturated carbocycles. The number of carbonyl (C=O) groups is 1. The lowest BCUT2D eigenvalue weighted by molar-refractivity contribution is -0.122. The molecule has 1 N–H and O–H groups in total. The van der Waals surface area contributed by atoms with Crippen molar-refractivity contribution in [3.05, 3.63) is 24.3 Å². The number of nitrogens with one attached hydrogen (secondary N) is 1. The number of hydrogen-bond acceptors (Lipinski definition) is 4. The second-order valence-electron chi connectivity index (χ2n) is 6.43. The molecule has 0 unspecified atom stereocenters. The summed E-state index contributed by atoms with van der Waals surface area (Å²) in [6.45, 7) is 6.17. The van der Waals surface area contributed by atoms with Gasteiger partial charge in [-0.15, -0.1) is 0 Å². The molecule has 0 bridgehead atoms. The van der Waals surface area contributed by atoms with Crippen LogP contribution in [0.15, 0.2) is 24.3 Å². The monoisotopic (exact) mass is 356 g/mol. The van der Waals surface area contributed by atoms with Gasteiger partial charge in [0.25, 0.3) is 0 Å². The molecule has 0 atom stereocenters. The lowest BCUT2D eigenvalue weighted by atomic mass is 10.0. The Morgan fingerprint density at radius 3 is 2.54 bits per heavy atom. The summed E-state index contributed by atoms with van der Waals surface area (Å²) >= 11 is 0.